The first-order valence-corrected chi connectivity index (χ1v) is 6.40. The smallest absolute Gasteiger partial charge is 0.000987 e. The fourth-order valence-electron chi connectivity index (χ4n) is 1.90. The Balaban J connectivity index is 0.00000144. The molecule has 0 amide bonds. The summed E-state index contributed by atoms with van der Waals surface area (Å²) in [6, 6.07) is 0. The second-order valence-electron chi connectivity index (χ2n) is 3.64. The zero-order valence-electron chi connectivity index (χ0n) is 8.88. The summed E-state index contributed by atoms with van der Waals surface area (Å²) in [6.45, 7) is 7.04. The standard InChI is InChI=1S/C10H22NP.ClH/c1-3-11(4-2)12-10-8-6-5-7-9-10;/h10,12H,3-9H2,1-2H3;1H. The maximum atomic E-state index is 2.59. The normalized spacial score (nSPS) is 19.6. The molecule has 1 fully saturated rings. The lowest BCUT2D eigenvalue weighted by Crippen LogP contribution is -2.18. The zero-order valence-corrected chi connectivity index (χ0v) is 10.7. The SMILES string of the molecule is CCN(CC)PC1CCCCC1.Cl. The minimum atomic E-state index is 0. The van der Waals surface area contributed by atoms with Crippen molar-refractivity contribution in [1.29, 1.82) is 0 Å². The quantitative estimate of drug-likeness (QED) is 0.658. The van der Waals surface area contributed by atoms with Crippen LogP contribution in [0.4, 0.5) is 0 Å². The highest BCUT2D eigenvalue weighted by molar-refractivity contribution is 7.36. The summed E-state index contributed by atoms with van der Waals surface area (Å²) >= 11 is 0. The topological polar surface area (TPSA) is 3.24 Å². The highest BCUT2D eigenvalue weighted by Crippen LogP contribution is 2.34. The molecule has 0 saturated heterocycles. The number of hydrogen-bond acceptors (Lipinski definition) is 1. The molecule has 1 unspecified atom stereocenters. The molecular weight excluding hydrogens is 201 g/mol. The van der Waals surface area contributed by atoms with Crippen molar-refractivity contribution in [2.45, 2.75) is 51.6 Å². The van der Waals surface area contributed by atoms with Gasteiger partial charge in [0.1, 0.15) is 0 Å². The van der Waals surface area contributed by atoms with E-state index in [1.807, 2.05) is 0 Å². The van der Waals surface area contributed by atoms with Crippen LogP contribution in [0.2, 0.25) is 0 Å². The lowest BCUT2D eigenvalue weighted by molar-refractivity contribution is 0.472. The Morgan fingerprint density at radius 2 is 1.62 bits per heavy atom. The molecule has 13 heavy (non-hydrogen) atoms. The Morgan fingerprint density at radius 3 is 2.08 bits per heavy atom. The van der Waals surface area contributed by atoms with Crippen LogP contribution in [0.15, 0.2) is 0 Å². The third-order valence-electron chi connectivity index (χ3n) is 2.73. The molecule has 0 spiro atoms. The van der Waals surface area contributed by atoms with E-state index in [0.29, 0.717) is 0 Å². The van der Waals surface area contributed by atoms with Gasteiger partial charge in [-0.05, 0) is 40.3 Å². The van der Waals surface area contributed by atoms with Crippen molar-refractivity contribution in [2.24, 2.45) is 0 Å². The van der Waals surface area contributed by atoms with Gasteiger partial charge in [-0.1, -0.05) is 33.1 Å². The van der Waals surface area contributed by atoms with Crippen molar-refractivity contribution in [1.82, 2.24) is 4.67 Å². The predicted octanol–water partition coefficient (Wildman–Crippen LogP) is 3.68. The van der Waals surface area contributed by atoms with Crippen LogP contribution < -0.4 is 0 Å². The highest BCUT2D eigenvalue weighted by Gasteiger charge is 2.15. The van der Waals surface area contributed by atoms with Gasteiger partial charge in [-0.25, -0.2) is 0 Å². The molecular formula is C10H23ClNP. The lowest BCUT2D eigenvalue weighted by atomic mass is 10.0. The van der Waals surface area contributed by atoms with Gasteiger partial charge >= 0.3 is 0 Å². The Kier molecular flexibility index (Phi) is 8.45. The molecule has 1 aliphatic rings. The first-order valence-electron chi connectivity index (χ1n) is 5.38. The molecule has 0 aromatic heterocycles. The van der Waals surface area contributed by atoms with Crippen molar-refractivity contribution in [3.63, 3.8) is 0 Å². The minimum absolute atomic E-state index is 0. The van der Waals surface area contributed by atoms with E-state index in [1.54, 1.807) is 0 Å². The number of hydrogen-bond donors (Lipinski definition) is 0. The fourth-order valence-corrected chi connectivity index (χ4v) is 3.44. The van der Waals surface area contributed by atoms with Crippen molar-refractivity contribution in [3.8, 4) is 0 Å². The molecule has 3 heteroatoms. The molecule has 1 saturated carbocycles. The Bertz CT molecular complexity index is 111. The van der Waals surface area contributed by atoms with Gasteiger partial charge in [0.25, 0.3) is 0 Å². The van der Waals surface area contributed by atoms with E-state index < -0.39 is 0 Å². The first kappa shape index (κ1) is 13.7. The van der Waals surface area contributed by atoms with Crippen LogP contribution in [0, 0.1) is 0 Å². The molecule has 0 aromatic rings. The lowest BCUT2D eigenvalue weighted by Gasteiger charge is -2.27. The van der Waals surface area contributed by atoms with Crippen LogP contribution in [0.3, 0.4) is 0 Å². The van der Waals surface area contributed by atoms with Gasteiger partial charge in [-0.2, -0.15) is 0 Å². The molecule has 80 valence electrons. The monoisotopic (exact) mass is 223 g/mol. The third kappa shape index (κ3) is 5.20. The minimum Gasteiger partial charge on any atom is -0.285 e. The van der Waals surface area contributed by atoms with Crippen LogP contribution in [-0.2, 0) is 0 Å². The second kappa shape index (κ2) is 8.03. The molecule has 0 radical (unpaired) electrons. The molecule has 0 N–H and O–H groups in total. The summed E-state index contributed by atoms with van der Waals surface area (Å²) < 4.78 is 2.59. The van der Waals surface area contributed by atoms with Crippen LogP contribution in [0.1, 0.15) is 46.0 Å². The van der Waals surface area contributed by atoms with Crippen LogP contribution in [0.5, 0.6) is 0 Å². The molecule has 0 bridgehead atoms. The van der Waals surface area contributed by atoms with E-state index in [-0.39, 0.29) is 12.4 Å². The fraction of sp³-hybridized carbons (Fsp3) is 1.00. The van der Waals surface area contributed by atoms with Crippen molar-refractivity contribution >= 4 is 21.1 Å². The van der Waals surface area contributed by atoms with Gasteiger partial charge in [0.15, 0.2) is 0 Å². The van der Waals surface area contributed by atoms with Gasteiger partial charge in [0.05, 0.1) is 0 Å². The van der Waals surface area contributed by atoms with E-state index in [9.17, 15) is 0 Å². The molecule has 1 nitrogen and oxygen atoms in total. The van der Waals surface area contributed by atoms with E-state index in [2.05, 4.69) is 18.5 Å². The number of nitrogens with zero attached hydrogens (tertiary/aromatic N) is 1. The zero-order chi connectivity index (χ0) is 8.81. The van der Waals surface area contributed by atoms with Crippen molar-refractivity contribution in [3.05, 3.63) is 0 Å². The Labute approximate surface area is 90.9 Å². The average Bonchev–Trinajstić information content (AvgIpc) is 2.16. The molecule has 0 aliphatic heterocycles. The van der Waals surface area contributed by atoms with Gasteiger partial charge in [0.2, 0.25) is 0 Å². The molecule has 0 aromatic carbocycles. The summed E-state index contributed by atoms with van der Waals surface area (Å²) in [5.41, 5.74) is 1.04. The van der Waals surface area contributed by atoms with Gasteiger partial charge in [-0.15, -0.1) is 12.4 Å². The maximum Gasteiger partial charge on any atom is -0.000987 e. The van der Waals surface area contributed by atoms with Crippen molar-refractivity contribution in [2.75, 3.05) is 13.1 Å². The summed E-state index contributed by atoms with van der Waals surface area (Å²) in [5, 5.41) is 0. The molecule has 1 atom stereocenters. The van der Waals surface area contributed by atoms with E-state index in [0.717, 1.165) is 14.4 Å². The molecule has 1 rings (SSSR count). The summed E-state index contributed by atoms with van der Waals surface area (Å²) in [5.74, 6) is 0. The summed E-state index contributed by atoms with van der Waals surface area (Å²) in [6.07, 6.45) is 7.45. The van der Waals surface area contributed by atoms with Crippen LogP contribution >= 0.6 is 21.1 Å². The van der Waals surface area contributed by atoms with Crippen LogP contribution in [-0.4, -0.2) is 23.4 Å². The second-order valence-corrected chi connectivity index (χ2v) is 5.34. The average molecular weight is 224 g/mol. The number of rotatable bonds is 4. The molecule has 1 aliphatic carbocycles. The van der Waals surface area contributed by atoms with E-state index in [1.165, 1.54) is 45.2 Å². The largest absolute Gasteiger partial charge is 0.285 e. The van der Waals surface area contributed by atoms with E-state index in [4.69, 9.17) is 0 Å². The highest BCUT2D eigenvalue weighted by atomic mass is 35.5. The third-order valence-corrected chi connectivity index (χ3v) is 4.67. The Hall–Kier alpha value is 0.680. The first-order chi connectivity index (χ1) is 5.86. The van der Waals surface area contributed by atoms with Gasteiger partial charge in [0, 0.05) is 0 Å². The summed E-state index contributed by atoms with van der Waals surface area (Å²) in [4.78, 5) is 0. The Morgan fingerprint density at radius 1 is 1.08 bits per heavy atom. The maximum absolute atomic E-state index is 2.59. The van der Waals surface area contributed by atoms with Crippen molar-refractivity contribution < 1.29 is 0 Å². The summed E-state index contributed by atoms with van der Waals surface area (Å²) in [7, 11) is 1.11. The van der Waals surface area contributed by atoms with Gasteiger partial charge < -0.3 is 0 Å². The van der Waals surface area contributed by atoms with Gasteiger partial charge in [-0.3, -0.25) is 4.67 Å². The number of halogens is 1. The van der Waals surface area contributed by atoms with E-state index >= 15 is 0 Å². The predicted molar refractivity (Wildman–Crippen MR) is 65.4 cm³/mol. The molecule has 0 heterocycles. The van der Waals surface area contributed by atoms with Crippen LogP contribution in [0.25, 0.3) is 0 Å².